The SMILES string of the molecule is CCCCC[C@@H]1CC=C(c2ccccc2)C(=O)[C@H]1S(=O)(=O)c1ccc(C)cc1. The summed E-state index contributed by atoms with van der Waals surface area (Å²) in [5.74, 6) is -0.433. The Morgan fingerprint density at radius 1 is 0.964 bits per heavy atom. The summed E-state index contributed by atoms with van der Waals surface area (Å²) in [6.45, 7) is 4.05. The number of hydrogen-bond acceptors (Lipinski definition) is 3. The van der Waals surface area contributed by atoms with Gasteiger partial charge in [0, 0.05) is 5.57 Å². The number of ketones is 1. The van der Waals surface area contributed by atoms with Gasteiger partial charge in [0.2, 0.25) is 0 Å². The van der Waals surface area contributed by atoms with Crippen molar-refractivity contribution in [2.24, 2.45) is 5.92 Å². The maximum Gasteiger partial charge on any atom is 0.188 e. The van der Waals surface area contributed by atoms with Crippen LogP contribution in [0.5, 0.6) is 0 Å². The largest absolute Gasteiger partial charge is 0.293 e. The molecule has 3 rings (SSSR count). The Balaban J connectivity index is 2.00. The summed E-state index contributed by atoms with van der Waals surface area (Å²) >= 11 is 0. The second-order valence-corrected chi connectivity index (χ2v) is 9.69. The lowest BCUT2D eigenvalue weighted by molar-refractivity contribution is -0.114. The number of carbonyl (C=O) groups is 1. The molecule has 0 heterocycles. The summed E-state index contributed by atoms with van der Waals surface area (Å²) < 4.78 is 27.0. The van der Waals surface area contributed by atoms with E-state index >= 15 is 0 Å². The molecular weight excluding hydrogens is 368 g/mol. The molecule has 0 fully saturated rings. The van der Waals surface area contributed by atoms with Crippen LogP contribution in [0, 0.1) is 12.8 Å². The van der Waals surface area contributed by atoms with E-state index in [0.717, 1.165) is 36.8 Å². The van der Waals surface area contributed by atoms with Crippen LogP contribution in [0.25, 0.3) is 5.57 Å². The van der Waals surface area contributed by atoms with Crippen LogP contribution in [0.3, 0.4) is 0 Å². The summed E-state index contributed by atoms with van der Waals surface area (Å²) in [5, 5.41) is -1.01. The fourth-order valence-corrected chi connectivity index (χ4v) is 5.90. The number of unbranched alkanes of at least 4 members (excludes halogenated alkanes) is 2. The van der Waals surface area contributed by atoms with Gasteiger partial charge in [-0.2, -0.15) is 0 Å². The van der Waals surface area contributed by atoms with Gasteiger partial charge in [0.15, 0.2) is 15.6 Å². The number of hydrogen-bond donors (Lipinski definition) is 0. The zero-order chi connectivity index (χ0) is 20.1. The third kappa shape index (κ3) is 4.27. The fourth-order valence-electron chi connectivity index (χ4n) is 3.93. The summed E-state index contributed by atoms with van der Waals surface area (Å²) in [6, 6.07) is 16.2. The van der Waals surface area contributed by atoms with E-state index in [1.165, 1.54) is 0 Å². The highest BCUT2D eigenvalue weighted by Crippen LogP contribution is 2.37. The van der Waals surface area contributed by atoms with Crippen LogP contribution in [0.4, 0.5) is 0 Å². The molecule has 2 aromatic carbocycles. The van der Waals surface area contributed by atoms with E-state index in [1.54, 1.807) is 24.3 Å². The summed E-state index contributed by atoms with van der Waals surface area (Å²) in [6.07, 6.45) is 6.39. The van der Waals surface area contributed by atoms with Gasteiger partial charge in [0.1, 0.15) is 5.25 Å². The van der Waals surface area contributed by atoms with Crippen molar-refractivity contribution < 1.29 is 13.2 Å². The van der Waals surface area contributed by atoms with E-state index in [2.05, 4.69) is 6.92 Å². The quantitative estimate of drug-likeness (QED) is 0.590. The van der Waals surface area contributed by atoms with Crippen molar-refractivity contribution in [3.8, 4) is 0 Å². The lowest BCUT2D eigenvalue weighted by Gasteiger charge is -2.30. The Kier molecular flexibility index (Phi) is 6.50. The Hall–Kier alpha value is -2.20. The molecule has 2 aromatic rings. The molecule has 0 N–H and O–H groups in total. The third-order valence-electron chi connectivity index (χ3n) is 5.52. The van der Waals surface area contributed by atoms with Gasteiger partial charge in [0.05, 0.1) is 4.90 Å². The second-order valence-electron chi connectivity index (χ2n) is 7.62. The number of allylic oxidation sites excluding steroid dienone is 2. The highest BCUT2D eigenvalue weighted by atomic mass is 32.2. The van der Waals surface area contributed by atoms with E-state index in [1.807, 2.05) is 43.3 Å². The van der Waals surface area contributed by atoms with Gasteiger partial charge < -0.3 is 0 Å². The minimum absolute atomic E-state index is 0.169. The van der Waals surface area contributed by atoms with Gasteiger partial charge in [0.25, 0.3) is 0 Å². The lowest BCUT2D eigenvalue weighted by atomic mass is 9.82. The van der Waals surface area contributed by atoms with Crippen LogP contribution in [-0.4, -0.2) is 19.5 Å². The number of carbonyl (C=O) groups excluding carboxylic acids is 1. The minimum atomic E-state index is -3.75. The minimum Gasteiger partial charge on any atom is -0.293 e. The van der Waals surface area contributed by atoms with Crippen LogP contribution in [0.15, 0.2) is 65.6 Å². The first-order valence-corrected chi connectivity index (χ1v) is 11.6. The highest BCUT2D eigenvalue weighted by molar-refractivity contribution is 7.93. The zero-order valence-corrected chi connectivity index (χ0v) is 17.4. The van der Waals surface area contributed by atoms with Crippen LogP contribution >= 0.6 is 0 Å². The zero-order valence-electron chi connectivity index (χ0n) is 16.6. The molecule has 28 heavy (non-hydrogen) atoms. The first kappa shape index (κ1) is 20.5. The molecular formula is C24H28O3S. The molecule has 1 aliphatic carbocycles. The van der Waals surface area contributed by atoms with Crippen molar-refractivity contribution >= 4 is 21.2 Å². The molecule has 0 saturated heterocycles. The molecule has 1 aliphatic rings. The van der Waals surface area contributed by atoms with Crippen molar-refractivity contribution in [2.45, 2.75) is 56.1 Å². The van der Waals surface area contributed by atoms with E-state index in [9.17, 15) is 13.2 Å². The van der Waals surface area contributed by atoms with Gasteiger partial charge in [-0.25, -0.2) is 8.42 Å². The molecule has 0 saturated carbocycles. The lowest BCUT2D eigenvalue weighted by Crippen LogP contribution is -2.40. The van der Waals surface area contributed by atoms with E-state index in [-0.39, 0.29) is 16.6 Å². The molecule has 0 radical (unpaired) electrons. The van der Waals surface area contributed by atoms with E-state index in [0.29, 0.717) is 12.0 Å². The molecule has 0 aliphatic heterocycles. The molecule has 0 bridgehead atoms. The Morgan fingerprint density at radius 3 is 2.29 bits per heavy atom. The van der Waals surface area contributed by atoms with E-state index < -0.39 is 15.1 Å². The molecule has 148 valence electrons. The average molecular weight is 397 g/mol. The van der Waals surface area contributed by atoms with Crippen LogP contribution < -0.4 is 0 Å². The number of aryl methyl sites for hydroxylation is 1. The van der Waals surface area contributed by atoms with Gasteiger partial charge in [-0.1, -0.05) is 80.3 Å². The predicted octanol–water partition coefficient (Wildman–Crippen LogP) is 5.39. The topological polar surface area (TPSA) is 51.2 Å². The van der Waals surface area contributed by atoms with Crippen molar-refractivity contribution in [3.63, 3.8) is 0 Å². The van der Waals surface area contributed by atoms with E-state index in [4.69, 9.17) is 0 Å². The summed E-state index contributed by atoms with van der Waals surface area (Å²) in [7, 11) is -3.75. The van der Waals surface area contributed by atoms with Crippen LogP contribution in [0.1, 0.15) is 50.2 Å². The van der Waals surface area contributed by atoms with Crippen LogP contribution in [-0.2, 0) is 14.6 Å². The van der Waals surface area contributed by atoms with Crippen molar-refractivity contribution in [1.29, 1.82) is 0 Å². The standard InChI is InChI=1S/C24H28O3S/c1-3-4-6-11-20-14-17-22(19-9-7-5-8-10-19)23(25)24(20)28(26,27)21-15-12-18(2)13-16-21/h5,7-10,12-13,15-17,20,24H,3-4,6,11,14H2,1-2H3/t20-,24+/m1/s1. The van der Waals surface area contributed by atoms with Gasteiger partial charge >= 0.3 is 0 Å². The molecule has 0 amide bonds. The van der Waals surface area contributed by atoms with Crippen molar-refractivity contribution in [1.82, 2.24) is 0 Å². The number of rotatable bonds is 7. The first-order chi connectivity index (χ1) is 13.4. The molecule has 2 atom stereocenters. The van der Waals surface area contributed by atoms with Gasteiger partial charge in [-0.05, 0) is 43.4 Å². The average Bonchev–Trinajstić information content (AvgIpc) is 2.69. The molecule has 4 heteroatoms. The Labute approximate surface area is 168 Å². The molecule has 3 nitrogen and oxygen atoms in total. The Bertz CT molecular complexity index is 941. The highest BCUT2D eigenvalue weighted by Gasteiger charge is 2.43. The van der Waals surface area contributed by atoms with Gasteiger partial charge in [-0.15, -0.1) is 0 Å². The maximum absolute atomic E-state index is 13.5. The maximum atomic E-state index is 13.5. The molecule has 0 aromatic heterocycles. The van der Waals surface area contributed by atoms with Crippen molar-refractivity contribution in [3.05, 3.63) is 71.8 Å². The van der Waals surface area contributed by atoms with Gasteiger partial charge in [-0.3, -0.25) is 4.79 Å². The monoisotopic (exact) mass is 396 g/mol. The molecule has 0 unspecified atom stereocenters. The van der Waals surface area contributed by atoms with Crippen molar-refractivity contribution in [2.75, 3.05) is 0 Å². The number of Topliss-reactive ketones (excluding diaryl/α,β-unsaturated/α-hetero) is 1. The fraction of sp³-hybridized carbons (Fsp3) is 0.375. The number of sulfone groups is 1. The predicted molar refractivity (Wildman–Crippen MR) is 114 cm³/mol. The number of benzene rings is 2. The molecule has 0 spiro atoms. The normalized spacial score (nSPS) is 20.1. The third-order valence-corrected chi connectivity index (χ3v) is 7.72. The first-order valence-electron chi connectivity index (χ1n) is 10.1. The Morgan fingerprint density at radius 2 is 1.64 bits per heavy atom. The van der Waals surface area contributed by atoms with Crippen LogP contribution in [0.2, 0.25) is 0 Å². The summed E-state index contributed by atoms with van der Waals surface area (Å²) in [5.41, 5.74) is 2.33. The smallest absolute Gasteiger partial charge is 0.188 e. The summed E-state index contributed by atoms with van der Waals surface area (Å²) in [4.78, 5) is 13.7. The second kappa shape index (κ2) is 8.87.